The molecule has 3 aromatic rings. The minimum absolute atomic E-state index is 0.249. The van der Waals surface area contributed by atoms with Gasteiger partial charge in [0.15, 0.2) is 0 Å². The van der Waals surface area contributed by atoms with Crippen molar-refractivity contribution in [1.29, 1.82) is 0 Å². The van der Waals surface area contributed by atoms with Crippen LogP contribution in [0, 0.1) is 0 Å². The van der Waals surface area contributed by atoms with E-state index in [1.807, 2.05) is 12.1 Å². The van der Waals surface area contributed by atoms with Gasteiger partial charge in [0.2, 0.25) is 10.0 Å². The van der Waals surface area contributed by atoms with Crippen molar-refractivity contribution >= 4 is 20.8 Å². The highest BCUT2D eigenvalue weighted by Gasteiger charge is 2.33. The molecule has 0 radical (unpaired) electrons. The average molecular weight is 343 g/mol. The fourth-order valence-corrected chi connectivity index (χ4v) is 2.99. The predicted octanol–water partition coefficient (Wildman–Crippen LogP) is 2.11. The maximum atomic E-state index is 11.9. The number of fused-ring (bicyclic) bond motifs is 1. The smallest absolute Gasteiger partial charge is 0.267 e. The third kappa shape index (κ3) is 2.61. The van der Waals surface area contributed by atoms with E-state index >= 15 is 0 Å². The molecule has 0 bridgehead atoms. The van der Waals surface area contributed by atoms with Crippen LogP contribution in [-0.4, -0.2) is 18.6 Å². The second-order valence-corrected chi connectivity index (χ2v) is 8.19. The third-order valence-electron chi connectivity index (χ3n) is 4.26. The van der Waals surface area contributed by atoms with E-state index < -0.39 is 14.8 Å². The van der Waals surface area contributed by atoms with E-state index in [-0.39, 0.29) is 5.56 Å². The number of rotatable bonds is 3. The van der Waals surface area contributed by atoms with Gasteiger partial charge in [-0.1, -0.05) is 42.5 Å². The summed E-state index contributed by atoms with van der Waals surface area (Å²) in [6, 6.07) is 14.2. The van der Waals surface area contributed by atoms with Crippen LogP contribution in [0.3, 0.4) is 0 Å². The van der Waals surface area contributed by atoms with Crippen LogP contribution in [0.25, 0.3) is 22.0 Å². The summed E-state index contributed by atoms with van der Waals surface area (Å²) in [5.74, 6) is 0. The largest absolute Gasteiger partial charge is 0.272 e. The van der Waals surface area contributed by atoms with E-state index in [1.54, 1.807) is 50.2 Å². The van der Waals surface area contributed by atoms with Crippen molar-refractivity contribution in [3.05, 3.63) is 64.4 Å². The number of H-pyrrole nitrogens is 1. The van der Waals surface area contributed by atoms with Crippen molar-refractivity contribution in [1.82, 2.24) is 10.2 Å². The Balaban J connectivity index is 2.14. The molecule has 3 rings (SSSR count). The second kappa shape index (κ2) is 5.54. The number of aromatic amines is 1. The van der Waals surface area contributed by atoms with Gasteiger partial charge < -0.3 is 0 Å². The van der Waals surface area contributed by atoms with Crippen LogP contribution in [-0.2, 0) is 14.8 Å². The van der Waals surface area contributed by atoms with Crippen LogP contribution in [0.2, 0.25) is 0 Å². The Bertz CT molecular complexity index is 1070. The lowest BCUT2D eigenvalue weighted by Crippen LogP contribution is -2.35. The molecule has 7 heteroatoms. The van der Waals surface area contributed by atoms with Crippen LogP contribution in [0.4, 0.5) is 0 Å². The molecule has 0 amide bonds. The van der Waals surface area contributed by atoms with Crippen LogP contribution in [0.1, 0.15) is 19.4 Å². The molecule has 0 saturated carbocycles. The average Bonchev–Trinajstić information content (AvgIpc) is 2.55. The van der Waals surface area contributed by atoms with E-state index in [2.05, 4.69) is 10.2 Å². The summed E-state index contributed by atoms with van der Waals surface area (Å²) in [7, 11) is -3.74. The number of hydrogen-bond acceptors (Lipinski definition) is 4. The van der Waals surface area contributed by atoms with E-state index in [9.17, 15) is 13.2 Å². The standard InChI is InChI=1S/C17H17N3O3S/c1-17(2,24(18,22)23)12-9-7-11(8-10-12)15-13-5-3-4-6-14(13)16(21)20-19-15/h3-10H,1-2H3,(H,20,21)(H2,18,22,23). The Morgan fingerprint density at radius 1 is 1.00 bits per heavy atom. The Morgan fingerprint density at radius 2 is 1.58 bits per heavy atom. The summed E-state index contributed by atoms with van der Waals surface area (Å²) >= 11 is 0. The zero-order valence-corrected chi connectivity index (χ0v) is 14.1. The normalized spacial score (nSPS) is 12.5. The first-order chi connectivity index (χ1) is 11.2. The first kappa shape index (κ1) is 16.4. The Kier molecular flexibility index (Phi) is 3.77. The number of sulfonamides is 1. The Labute approximate surface area is 139 Å². The van der Waals surface area contributed by atoms with Crippen LogP contribution in [0.15, 0.2) is 53.3 Å². The number of primary sulfonamides is 1. The topological polar surface area (TPSA) is 106 Å². The number of hydrogen-bond donors (Lipinski definition) is 2. The van der Waals surface area contributed by atoms with Gasteiger partial charge in [-0.05, 0) is 25.5 Å². The highest BCUT2D eigenvalue weighted by atomic mass is 32.2. The molecule has 0 unspecified atom stereocenters. The van der Waals surface area contributed by atoms with Crippen molar-refractivity contribution in [3.8, 4) is 11.3 Å². The molecule has 0 aliphatic rings. The number of aromatic nitrogens is 2. The zero-order valence-electron chi connectivity index (χ0n) is 13.3. The summed E-state index contributed by atoms with van der Waals surface area (Å²) in [4.78, 5) is 11.9. The monoisotopic (exact) mass is 343 g/mol. The van der Waals surface area contributed by atoms with Gasteiger partial charge in [0, 0.05) is 10.9 Å². The van der Waals surface area contributed by atoms with Crippen molar-refractivity contribution in [3.63, 3.8) is 0 Å². The second-order valence-electron chi connectivity index (χ2n) is 6.08. The van der Waals surface area contributed by atoms with Gasteiger partial charge >= 0.3 is 0 Å². The van der Waals surface area contributed by atoms with Crippen LogP contribution < -0.4 is 10.7 Å². The molecule has 24 heavy (non-hydrogen) atoms. The zero-order chi connectivity index (χ0) is 17.5. The fraction of sp³-hybridized carbons (Fsp3) is 0.176. The molecule has 1 heterocycles. The lowest BCUT2D eigenvalue weighted by Gasteiger charge is -2.22. The number of nitrogens with one attached hydrogen (secondary N) is 1. The van der Waals surface area contributed by atoms with Gasteiger partial charge in [0.25, 0.3) is 5.56 Å². The number of nitrogens with zero attached hydrogens (tertiary/aromatic N) is 1. The summed E-state index contributed by atoms with van der Waals surface area (Å²) in [5, 5.41) is 13.2. The summed E-state index contributed by atoms with van der Waals surface area (Å²) in [6.45, 7) is 3.12. The van der Waals surface area contributed by atoms with Gasteiger partial charge in [-0.3, -0.25) is 4.79 Å². The molecule has 6 nitrogen and oxygen atoms in total. The Morgan fingerprint density at radius 3 is 2.17 bits per heavy atom. The predicted molar refractivity (Wildman–Crippen MR) is 93.9 cm³/mol. The molecule has 0 aliphatic carbocycles. The summed E-state index contributed by atoms with van der Waals surface area (Å²) < 4.78 is 22.3. The molecular formula is C17H17N3O3S. The molecule has 0 saturated heterocycles. The lowest BCUT2D eigenvalue weighted by atomic mass is 9.98. The van der Waals surface area contributed by atoms with Gasteiger partial charge in [-0.2, -0.15) is 5.10 Å². The maximum Gasteiger partial charge on any atom is 0.272 e. The van der Waals surface area contributed by atoms with Gasteiger partial charge in [0.05, 0.1) is 11.1 Å². The van der Waals surface area contributed by atoms with Gasteiger partial charge in [-0.25, -0.2) is 18.7 Å². The molecule has 0 aliphatic heterocycles. The summed E-state index contributed by atoms with van der Waals surface area (Å²) in [6.07, 6.45) is 0. The lowest BCUT2D eigenvalue weighted by molar-refractivity contribution is 0.556. The van der Waals surface area contributed by atoms with Crippen molar-refractivity contribution in [2.75, 3.05) is 0 Å². The fourth-order valence-electron chi connectivity index (χ4n) is 2.53. The van der Waals surface area contributed by atoms with Crippen LogP contribution >= 0.6 is 0 Å². The molecular weight excluding hydrogens is 326 g/mol. The van der Waals surface area contributed by atoms with E-state index in [0.29, 0.717) is 16.6 Å². The van der Waals surface area contributed by atoms with Gasteiger partial charge in [0.1, 0.15) is 4.75 Å². The highest BCUT2D eigenvalue weighted by Crippen LogP contribution is 2.30. The van der Waals surface area contributed by atoms with Crippen molar-refractivity contribution < 1.29 is 8.42 Å². The minimum atomic E-state index is -3.74. The third-order valence-corrected chi connectivity index (χ3v) is 5.92. The maximum absolute atomic E-state index is 11.9. The number of nitrogens with two attached hydrogens (primary N) is 1. The Hall–Kier alpha value is -2.51. The quantitative estimate of drug-likeness (QED) is 0.759. The van der Waals surface area contributed by atoms with Gasteiger partial charge in [-0.15, -0.1) is 0 Å². The first-order valence-corrected chi connectivity index (χ1v) is 8.87. The highest BCUT2D eigenvalue weighted by molar-refractivity contribution is 7.90. The minimum Gasteiger partial charge on any atom is -0.267 e. The molecule has 0 fully saturated rings. The van der Waals surface area contributed by atoms with E-state index in [0.717, 1.165) is 10.9 Å². The molecule has 3 N–H and O–H groups in total. The van der Waals surface area contributed by atoms with E-state index in [1.165, 1.54) is 0 Å². The van der Waals surface area contributed by atoms with Crippen LogP contribution in [0.5, 0.6) is 0 Å². The summed E-state index contributed by atoms with van der Waals surface area (Å²) in [5.41, 5.74) is 1.74. The van der Waals surface area contributed by atoms with Crippen molar-refractivity contribution in [2.24, 2.45) is 5.14 Å². The molecule has 0 spiro atoms. The molecule has 1 aromatic heterocycles. The first-order valence-electron chi connectivity index (χ1n) is 7.32. The van der Waals surface area contributed by atoms with E-state index in [4.69, 9.17) is 5.14 Å². The number of benzene rings is 2. The van der Waals surface area contributed by atoms with Crippen molar-refractivity contribution in [2.45, 2.75) is 18.6 Å². The molecule has 0 atom stereocenters. The molecule has 2 aromatic carbocycles. The SMILES string of the molecule is CC(C)(c1ccc(-c2n[nH]c(=O)c3ccccc23)cc1)S(N)(=O)=O. The molecule has 124 valence electrons.